The van der Waals surface area contributed by atoms with Crippen molar-refractivity contribution < 1.29 is 14.3 Å². The Balaban J connectivity index is 1.81. The number of fused-ring (bicyclic) bond motifs is 1. The minimum atomic E-state index is -0.171. The van der Waals surface area contributed by atoms with Crippen molar-refractivity contribution in [2.75, 3.05) is 12.4 Å². The molecular weight excluding hydrogens is 304 g/mol. The lowest BCUT2D eigenvalue weighted by Gasteiger charge is -2.17. The fraction of sp³-hybridized carbons (Fsp3) is 0.368. The van der Waals surface area contributed by atoms with E-state index in [1.165, 1.54) is 5.56 Å². The second kappa shape index (κ2) is 6.91. The first kappa shape index (κ1) is 16.3. The average Bonchev–Trinajstić information content (AvgIpc) is 2.99. The summed E-state index contributed by atoms with van der Waals surface area (Å²) in [6.07, 6.45) is 5.00. The third kappa shape index (κ3) is 3.35. The first-order chi connectivity index (χ1) is 11.6. The summed E-state index contributed by atoms with van der Waals surface area (Å²) in [6, 6.07) is 7.71. The molecule has 24 heavy (non-hydrogen) atoms. The van der Waals surface area contributed by atoms with Crippen LogP contribution in [0.25, 0.3) is 0 Å². The third-order valence-electron chi connectivity index (χ3n) is 4.15. The number of hydrogen-bond donors (Lipinski definition) is 1. The number of pyridine rings is 1. The van der Waals surface area contributed by atoms with Crippen LogP contribution in [0.2, 0.25) is 0 Å². The summed E-state index contributed by atoms with van der Waals surface area (Å²) in [7, 11) is 1.64. The van der Waals surface area contributed by atoms with Gasteiger partial charge >= 0.3 is 0 Å². The summed E-state index contributed by atoms with van der Waals surface area (Å²) in [6.45, 7) is 3.89. The Morgan fingerprint density at radius 1 is 1.33 bits per heavy atom. The first-order valence-electron chi connectivity index (χ1n) is 8.17. The number of nitrogens with zero attached hydrogens (tertiary/aromatic N) is 1. The van der Waals surface area contributed by atoms with E-state index < -0.39 is 0 Å². The van der Waals surface area contributed by atoms with Crippen molar-refractivity contribution in [3.8, 4) is 11.5 Å². The molecule has 5 heteroatoms. The summed E-state index contributed by atoms with van der Waals surface area (Å²) in [4.78, 5) is 16.9. The van der Waals surface area contributed by atoms with E-state index in [1.54, 1.807) is 25.6 Å². The highest BCUT2D eigenvalue weighted by molar-refractivity contribution is 5.97. The summed E-state index contributed by atoms with van der Waals surface area (Å²) in [5.74, 6) is 1.17. The molecule has 1 amide bonds. The Morgan fingerprint density at radius 2 is 2.17 bits per heavy atom. The van der Waals surface area contributed by atoms with Gasteiger partial charge in [-0.25, -0.2) is 0 Å². The molecule has 3 rings (SSSR count). The van der Waals surface area contributed by atoms with Crippen LogP contribution in [0, 0.1) is 0 Å². The number of nitrogens with one attached hydrogen (secondary N) is 1. The quantitative estimate of drug-likeness (QED) is 0.913. The van der Waals surface area contributed by atoms with E-state index in [-0.39, 0.29) is 17.9 Å². The van der Waals surface area contributed by atoms with Crippen LogP contribution in [0.1, 0.15) is 37.3 Å². The van der Waals surface area contributed by atoms with Crippen molar-refractivity contribution in [1.29, 1.82) is 0 Å². The van der Waals surface area contributed by atoms with Crippen molar-refractivity contribution >= 4 is 11.6 Å². The van der Waals surface area contributed by atoms with Crippen LogP contribution in [0.15, 0.2) is 36.7 Å². The molecule has 1 aromatic carbocycles. The molecular formula is C19H22N2O3. The molecule has 0 saturated carbocycles. The van der Waals surface area contributed by atoms with Crippen molar-refractivity contribution in [2.45, 2.75) is 38.7 Å². The normalized spacial score (nSPS) is 15.9. The minimum absolute atomic E-state index is 0.0151. The number of hydrogen-bond acceptors (Lipinski definition) is 4. The molecule has 2 aromatic rings. The Kier molecular flexibility index (Phi) is 4.69. The fourth-order valence-electron chi connectivity index (χ4n) is 3.03. The monoisotopic (exact) mass is 326 g/mol. The highest BCUT2D eigenvalue weighted by Crippen LogP contribution is 2.37. The highest BCUT2D eigenvalue weighted by Gasteiger charge is 2.29. The molecule has 1 aliphatic rings. The van der Waals surface area contributed by atoms with Gasteiger partial charge in [0, 0.05) is 6.20 Å². The first-order valence-corrected chi connectivity index (χ1v) is 8.17. The molecule has 0 spiro atoms. The molecule has 0 fully saturated rings. The molecule has 1 N–H and O–H groups in total. The number of aromatic nitrogens is 1. The topological polar surface area (TPSA) is 60.5 Å². The van der Waals surface area contributed by atoms with E-state index >= 15 is 0 Å². The van der Waals surface area contributed by atoms with Crippen LogP contribution >= 0.6 is 0 Å². The van der Waals surface area contributed by atoms with E-state index in [1.807, 2.05) is 32.0 Å². The number of aryl methyl sites for hydroxylation is 1. The van der Waals surface area contributed by atoms with E-state index in [0.717, 1.165) is 24.2 Å². The van der Waals surface area contributed by atoms with Crippen molar-refractivity contribution in [3.05, 3.63) is 47.8 Å². The van der Waals surface area contributed by atoms with Crippen LogP contribution in [0.5, 0.6) is 11.5 Å². The molecule has 0 radical (unpaired) electrons. The second-order valence-electron chi connectivity index (χ2n) is 6.18. The summed E-state index contributed by atoms with van der Waals surface area (Å²) >= 11 is 0. The molecule has 5 nitrogen and oxygen atoms in total. The van der Waals surface area contributed by atoms with E-state index in [9.17, 15) is 4.79 Å². The summed E-state index contributed by atoms with van der Waals surface area (Å²) in [5.41, 5.74) is 2.91. The van der Waals surface area contributed by atoms with Gasteiger partial charge in [0.05, 0.1) is 31.0 Å². The molecule has 1 atom stereocenters. The Bertz CT molecular complexity index is 743. The minimum Gasteiger partial charge on any atom is -0.497 e. The lowest BCUT2D eigenvalue weighted by molar-refractivity contribution is -0.117. The zero-order chi connectivity index (χ0) is 17.1. The molecule has 1 aliphatic carbocycles. The van der Waals surface area contributed by atoms with Crippen LogP contribution in [0.4, 0.5) is 5.69 Å². The van der Waals surface area contributed by atoms with Gasteiger partial charge < -0.3 is 14.8 Å². The smallest absolute Gasteiger partial charge is 0.232 e. The third-order valence-corrected chi connectivity index (χ3v) is 4.15. The lowest BCUT2D eigenvalue weighted by atomic mass is 10.00. The molecule has 0 bridgehead atoms. The zero-order valence-corrected chi connectivity index (χ0v) is 14.2. The lowest BCUT2D eigenvalue weighted by Crippen LogP contribution is -2.20. The number of benzene rings is 1. The van der Waals surface area contributed by atoms with Crippen LogP contribution in [0.3, 0.4) is 0 Å². The van der Waals surface area contributed by atoms with Crippen molar-refractivity contribution in [2.24, 2.45) is 0 Å². The number of carbonyl (C=O) groups is 1. The molecule has 0 saturated heterocycles. The van der Waals surface area contributed by atoms with E-state index in [0.29, 0.717) is 11.4 Å². The van der Waals surface area contributed by atoms with Gasteiger partial charge in [-0.1, -0.05) is 6.07 Å². The molecule has 1 aromatic heterocycles. The van der Waals surface area contributed by atoms with Gasteiger partial charge in [0.15, 0.2) is 5.75 Å². The number of carbonyl (C=O) groups excluding carboxylic acids is 1. The predicted molar refractivity (Wildman–Crippen MR) is 92.7 cm³/mol. The predicted octanol–water partition coefficient (Wildman–Crippen LogP) is 3.55. The summed E-state index contributed by atoms with van der Waals surface area (Å²) < 4.78 is 11.0. The van der Waals surface area contributed by atoms with Crippen LogP contribution in [-0.4, -0.2) is 24.1 Å². The van der Waals surface area contributed by atoms with Gasteiger partial charge in [0.1, 0.15) is 5.75 Å². The molecule has 1 heterocycles. The van der Waals surface area contributed by atoms with Gasteiger partial charge in [-0.05, 0) is 56.0 Å². The largest absolute Gasteiger partial charge is 0.497 e. The Morgan fingerprint density at radius 3 is 2.92 bits per heavy atom. The van der Waals surface area contributed by atoms with Crippen LogP contribution in [-0.2, 0) is 11.2 Å². The number of anilines is 1. The van der Waals surface area contributed by atoms with E-state index in [4.69, 9.17) is 9.47 Å². The number of methoxy groups -OCH3 is 1. The average molecular weight is 326 g/mol. The van der Waals surface area contributed by atoms with Gasteiger partial charge in [-0.15, -0.1) is 0 Å². The highest BCUT2D eigenvalue weighted by atomic mass is 16.5. The molecule has 0 unspecified atom stereocenters. The standard InChI is InChI=1S/C19H22N2O3/c1-12(2)24-18-11-20-9-8-17(18)21-19(22)15-7-5-13-4-6-14(23-3)10-16(13)15/h4,6,8-12,15H,5,7H2,1-3H3,(H,20,21,22)/t15-/m1/s1. The Hall–Kier alpha value is -2.56. The van der Waals surface area contributed by atoms with Gasteiger partial charge in [0.2, 0.25) is 5.91 Å². The van der Waals surface area contributed by atoms with Crippen molar-refractivity contribution in [1.82, 2.24) is 4.98 Å². The van der Waals surface area contributed by atoms with Gasteiger partial charge in [-0.2, -0.15) is 0 Å². The van der Waals surface area contributed by atoms with Crippen LogP contribution < -0.4 is 14.8 Å². The number of rotatable bonds is 5. The maximum Gasteiger partial charge on any atom is 0.232 e. The fourth-order valence-corrected chi connectivity index (χ4v) is 3.03. The maximum absolute atomic E-state index is 12.8. The Labute approximate surface area is 142 Å². The number of ether oxygens (including phenoxy) is 2. The SMILES string of the molecule is COc1ccc2c(c1)[C@H](C(=O)Nc1ccncc1OC(C)C)CC2. The molecule has 0 aliphatic heterocycles. The zero-order valence-electron chi connectivity index (χ0n) is 14.2. The van der Waals surface area contributed by atoms with Crippen molar-refractivity contribution in [3.63, 3.8) is 0 Å². The second-order valence-corrected chi connectivity index (χ2v) is 6.18. The number of amides is 1. The van der Waals surface area contributed by atoms with Gasteiger partial charge in [-0.3, -0.25) is 9.78 Å². The van der Waals surface area contributed by atoms with Gasteiger partial charge in [0.25, 0.3) is 0 Å². The van der Waals surface area contributed by atoms with E-state index in [2.05, 4.69) is 10.3 Å². The maximum atomic E-state index is 12.8. The molecule has 126 valence electrons. The summed E-state index contributed by atoms with van der Waals surface area (Å²) in [5, 5.41) is 2.99.